The van der Waals surface area contributed by atoms with Crippen molar-refractivity contribution in [1.29, 1.82) is 0 Å². The number of fused-ring (bicyclic) bond motifs is 1. The lowest BCUT2D eigenvalue weighted by Gasteiger charge is -2.31. The molecule has 1 aliphatic heterocycles. The van der Waals surface area contributed by atoms with E-state index >= 15 is 0 Å². The van der Waals surface area contributed by atoms with Gasteiger partial charge in [0, 0.05) is 31.4 Å². The molecule has 0 spiro atoms. The number of hydrogen-bond donors (Lipinski definition) is 1. The molecule has 1 aromatic heterocycles. The molecule has 0 saturated heterocycles. The van der Waals surface area contributed by atoms with Crippen LogP contribution in [0.4, 0.5) is 20.3 Å². The van der Waals surface area contributed by atoms with E-state index < -0.39 is 5.82 Å². The van der Waals surface area contributed by atoms with Gasteiger partial charge in [0.15, 0.2) is 0 Å². The van der Waals surface area contributed by atoms with E-state index in [9.17, 15) is 8.78 Å². The summed E-state index contributed by atoms with van der Waals surface area (Å²) in [5.74, 6) is -0.0196. The molecule has 0 fully saturated rings. The fraction of sp³-hybridized carbons (Fsp3) is 0.214. The van der Waals surface area contributed by atoms with Crippen LogP contribution < -0.4 is 10.2 Å². The Hall–Kier alpha value is -2.17. The van der Waals surface area contributed by atoms with Gasteiger partial charge in [-0.15, -0.1) is 0 Å². The first-order chi connectivity index (χ1) is 9.24. The van der Waals surface area contributed by atoms with Crippen LogP contribution in [0.5, 0.6) is 0 Å². The molecule has 0 saturated carbocycles. The van der Waals surface area contributed by atoms with E-state index in [1.165, 1.54) is 6.07 Å². The van der Waals surface area contributed by atoms with Crippen LogP contribution >= 0.6 is 0 Å². The summed E-state index contributed by atoms with van der Waals surface area (Å²) >= 11 is 0. The minimum absolute atomic E-state index is 0.337. The Morgan fingerprint density at radius 1 is 1.26 bits per heavy atom. The van der Waals surface area contributed by atoms with Crippen LogP contribution in [0.25, 0.3) is 0 Å². The van der Waals surface area contributed by atoms with Gasteiger partial charge in [-0.1, -0.05) is 0 Å². The number of nitrogens with one attached hydrogen (secondary N) is 1. The number of anilines is 2. The normalized spacial score (nSPS) is 13.9. The average molecular weight is 261 g/mol. The van der Waals surface area contributed by atoms with Crippen molar-refractivity contribution in [3.05, 3.63) is 53.7 Å². The molecule has 1 aromatic carbocycles. The number of pyridine rings is 1. The predicted molar refractivity (Wildman–Crippen MR) is 70.1 cm³/mol. The smallest absolute Gasteiger partial charge is 0.149 e. The molecule has 2 aromatic rings. The minimum Gasteiger partial charge on any atom is -0.367 e. The van der Waals surface area contributed by atoms with Crippen molar-refractivity contribution in [3.8, 4) is 0 Å². The maximum absolute atomic E-state index is 13.7. The Labute approximate surface area is 109 Å². The first kappa shape index (κ1) is 11.9. The van der Waals surface area contributed by atoms with Gasteiger partial charge in [-0.25, -0.2) is 13.8 Å². The van der Waals surface area contributed by atoms with Crippen molar-refractivity contribution in [1.82, 2.24) is 4.98 Å². The largest absolute Gasteiger partial charge is 0.367 e. The van der Waals surface area contributed by atoms with Crippen molar-refractivity contribution < 1.29 is 8.78 Å². The van der Waals surface area contributed by atoms with Gasteiger partial charge in [0.05, 0.1) is 5.69 Å². The summed E-state index contributed by atoms with van der Waals surface area (Å²) in [4.78, 5) is 6.23. The van der Waals surface area contributed by atoms with Crippen molar-refractivity contribution >= 4 is 11.5 Å². The number of aromatic nitrogens is 1. The summed E-state index contributed by atoms with van der Waals surface area (Å²) in [6, 6.07) is 7.29. The van der Waals surface area contributed by atoms with E-state index in [-0.39, 0.29) is 5.82 Å². The summed E-state index contributed by atoms with van der Waals surface area (Å²) in [5.41, 5.74) is 1.27. The second kappa shape index (κ2) is 4.84. The monoisotopic (exact) mass is 261 g/mol. The van der Waals surface area contributed by atoms with E-state index in [2.05, 4.69) is 10.3 Å². The van der Waals surface area contributed by atoms with Crippen molar-refractivity contribution in [2.75, 3.05) is 23.3 Å². The van der Waals surface area contributed by atoms with Crippen LogP contribution in [-0.2, 0) is 6.54 Å². The fourth-order valence-corrected chi connectivity index (χ4v) is 2.25. The van der Waals surface area contributed by atoms with E-state index in [4.69, 9.17) is 0 Å². The lowest BCUT2D eigenvalue weighted by Crippen LogP contribution is -2.34. The van der Waals surface area contributed by atoms with Crippen LogP contribution in [-0.4, -0.2) is 18.1 Å². The highest BCUT2D eigenvalue weighted by Gasteiger charge is 2.18. The van der Waals surface area contributed by atoms with Gasteiger partial charge in [0.1, 0.15) is 17.5 Å². The molecule has 5 heteroatoms. The molecule has 0 aliphatic carbocycles. The highest BCUT2D eigenvalue weighted by atomic mass is 19.1. The average Bonchev–Trinajstić information content (AvgIpc) is 2.43. The summed E-state index contributed by atoms with van der Waals surface area (Å²) in [5, 5.41) is 3.18. The molecular formula is C14H13F2N3. The summed E-state index contributed by atoms with van der Waals surface area (Å²) in [7, 11) is 0. The predicted octanol–water partition coefficient (Wildman–Crippen LogP) is 2.79. The van der Waals surface area contributed by atoms with Gasteiger partial charge >= 0.3 is 0 Å². The lowest BCUT2D eigenvalue weighted by molar-refractivity contribution is 0.580. The number of nitrogens with zero attached hydrogens (tertiary/aromatic N) is 2. The van der Waals surface area contributed by atoms with Crippen LogP contribution in [0.2, 0.25) is 0 Å². The zero-order valence-electron chi connectivity index (χ0n) is 10.2. The molecule has 0 atom stereocenters. The second-order valence-corrected chi connectivity index (χ2v) is 4.46. The molecule has 0 bridgehead atoms. The highest BCUT2D eigenvalue weighted by Crippen LogP contribution is 2.28. The molecule has 0 amide bonds. The molecule has 0 unspecified atom stereocenters. The maximum atomic E-state index is 13.7. The molecule has 19 heavy (non-hydrogen) atoms. The fourth-order valence-electron chi connectivity index (χ4n) is 2.25. The van der Waals surface area contributed by atoms with E-state index in [0.29, 0.717) is 12.1 Å². The first-order valence-corrected chi connectivity index (χ1v) is 6.12. The quantitative estimate of drug-likeness (QED) is 0.901. The van der Waals surface area contributed by atoms with E-state index in [1.54, 1.807) is 6.20 Å². The van der Waals surface area contributed by atoms with Gasteiger partial charge in [0.25, 0.3) is 0 Å². The molecule has 1 aliphatic rings. The third kappa shape index (κ3) is 2.36. The van der Waals surface area contributed by atoms with Crippen LogP contribution in [0, 0.1) is 11.6 Å². The van der Waals surface area contributed by atoms with Gasteiger partial charge < -0.3 is 10.2 Å². The van der Waals surface area contributed by atoms with Crippen molar-refractivity contribution in [2.45, 2.75) is 6.54 Å². The zero-order chi connectivity index (χ0) is 13.2. The standard InChI is InChI=1S/C14H13F2N3/c15-11-3-4-12(16)10(8-11)9-19-7-6-18-14-13(19)2-1-5-17-14/h1-5,8H,6-7,9H2,(H,17,18). The van der Waals surface area contributed by atoms with Crippen LogP contribution in [0.1, 0.15) is 5.56 Å². The molecular weight excluding hydrogens is 248 g/mol. The summed E-state index contributed by atoms with van der Waals surface area (Å²) in [6.45, 7) is 1.81. The SMILES string of the molecule is Fc1ccc(F)c(CN2CCNc3ncccc32)c1. The van der Waals surface area contributed by atoms with Crippen molar-refractivity contribution in [3.63, 3.8) is 0 Å². The Morgan fingerprint density at radius 3 is 3.05 bits per heavy atom. The number of benzene rings is 1. The molecule has 0 radical (unpaired) electrons. The molecule has 1 N–H and O–H groups in total. The third-order valence-corrected chi connectivity index (χ3v) is 3.17. The number of halogens is 2. The molecule has 3 rings (SSSR count). The topological polar surface area (TPSA) is 28.2 Å². The Balaban J connectivity index is 1.90. The molecule has 98 valence electrons. The Morgan fingerprint density at radius 2 is 2.16 bits per heavy atom. The van der Waals surface area contributed by atoms with E-state index in [0.717, 1.165) is 36.7 Å². The van der Waals surface area contributed by atoms with Gasteiger partial charge in [0.2, 0.25) is 0 Å². The Kier molecular flexibility index (Phi) is 3.03. The van der Waals surface area contributed by atoms with Gasteiger partial charge in [-0.2, -0.15) is 0 Å². The summed E-state index contributed by atoms with van der Waals surface area (Å²) in [6.07, 6.45) is 1.71. The van der Waals surface area contributed by atoms with Crippen LogP contribution in [0.3, 0.4) is 0 Å². The van der Waals surface area contributed by atoms with E-state index in [1.807, 2.05) is 17.0 Å². The van der Waals surface area contributed by atoms with Gasteiger partial charge in [-0.3, -0.25) is 0 Å². The number of hydrogen-bond acceptors (Lipinski definition) is 3. The first-order valence-electron chi connectivity index (χ1n) is 6.12. The second-order valence-electron chi connectivity index (χ2n) is 4.46. The Bertz CT molecular complexity index is 601. The zero-order valence-corrected chi connectivity index (χ0v) is 10.2. The maximum Gasteiger partial charge on any atom is 0.149 e. The van der Waals surface area contributed by atoms with Gasteiger partial charge in [-0.05, 0) is 30.3 Å². The third-order valence-electron chi connectivity index (χ3n) is 3.17. The highest BCUT2D eigenvalue weighted by molar-refractivity contribution is 5.67. The lowest BCUT2D eigenvalue weighted by atomic mass is 10.1. The molecule has 3 nitrogen and oxygen atoms in total. The summed E-state index contributed by atoms with van der Waals surface area (Å²) < 4.78 is 26.9. The van der Waals surface area contributed by atoms with Crippen LogP contribution in [0.15, 0.2) is 36.5 Å². The van der Waals surface area contributed by atoms with Crippen molar-refractivity contribution in [2.24, 2.45) is 0 Å². The number of rotatable bonds is 2. The molecule has 2 heterocycles. The minimum atomic E-state index is -0.419.